The first-order chi connectivity index (χ1) is 12.2. The van der Waals surface area contributed by atoms with Gasteiger partial charge in [0, 0.05) is 32.2 Å². The van der Waals surface area contributed by atoms with Crippen LogP contribution in [0, 0.1) is 16.2 Å². The van der Waals surface area contributed by atoms with Gasteiger partial charge in [0.25, 0.3) is 0 Å². The van der Waals surface area contributed by atoms with Crippen LogP contribution in [-0.4, -0.2) is 26.2 Å². The molecule has 0 heterocycles. The highest BCUT2D eigenvalue weighted by atomic mass is 79.9. The van der Waals surface area contributed by atoms with Crippen LogP contribution in [0.3, 0.4) is 0 Å². The molecule has 0 amide bonds. The van der Waals surface area contributed by atoms with Crippen molar-refractivity contribution in [2.45, 2.75) is 51.8 Å². The van der Waals surface area contributed by atoms with E-state index in [0.717, 1.165) is 0 Å². The van der Waals surface area contributed by atoms with Gasteiger partial charge in [-0.3, -0.25) is 13.6 Å². The van der Waals surface area contributed by atoms with Crippen molar-refractivity contribution in [3.8, 4) is 0 Å². The molecule has 0 N–H and O–H groups in total. The van der Waals surface area contributed by atoms with Crippen LogP contribution in [0.5, 0.6) is 0 Å². The largest absolute Gasteiger partial charge is 0.339 e. The minimum atomic E-state index is -1.88. The fourth-order valence-electron chi connectivity index (χ4n) is 0.941. The maximum absolute atomic E-state index is 6.32. The highest BCUT2D eigenvalue weighted by molar-refractivity contribution is 9.26. The first-order valence-electron chi connectivity index (χ1n) is 7.91. The molecule has 0 rings (SSSR count). The van der Waals surface area contributed by atoms with Crippen LogP contribution in [0.2, 0.25) is 0 Å². The molecule has 0 aromatic heterocycles. The fraction of sp³-hybridized carbons (Fsp3) is 1.00. The Labute approximate surface area is 246 Å². The Bertz CT molecular complexity index is 442. The molecule has 0 aliphatic carbocycles. The number of rotatable bonds is 12. The molecular formula is C15H24Br9O3P. The molecule has 0 atom stereocenters. The van der Waals surface area contributed by atoms with Crippen LogP contribution in [0.25, 0.3) is 0 Å². The van der Waals surface area contributed by atoms with E-state index < -0.39 is 18.9 Å². The lowest BCUT2D eigenvalue weighted by Crippen LogP contribution is -2.42. The van der Waals surface area contributed by atoms with Crippen molar-refractivity contribution in [1.82, 2.24) is 0 Å². The third-order valence-corrected chi connectivity index (χ3v) is 18.3. The van der Waals surface area contributed by atoms with Gasteiger partial charge >= 0.3 is 8.60 Å². The van der Waals surface area contributed by atoms with Gasteiger partial charge in [0.1, 0.15) is 0 Å². The second kappa shape index (κ2) is 12.0. The van der Waals surface area contributed by atoms with Crippen LogP contribution < -0.4 is 0 Å². The Morgan fingerprint density at radius 2 is 0.679 bits per heavy atom. The molecule has 0 spiro atoms. The topological polar surface area (TPSA) is 27.7 Å². The smallest absolute Gasteiger partial charge is 0.282 e. The summed E-state index contributed by atoms with van der Waals surface area (Å²) < 4.78 is 16.3. The van der Waals surface area contributed by atoms with Crippen LogP contribution >= 0.6 is 152 Å². The van der Waals surface area contributed by atoms with E-state index >= 15 is 0 Å². The van der Waals surface area contributed by atoms with Gasteiger partial charge in [-0.1, -0.05) is 89.3 Å². The van der Waals surface area contributed by atoms with E-state index in [0.29, 0.717) is 16.0 Å². The zero-order valence-corrected chi connectivity index (χ0v) is 31.4. The molecule has 0 aromatic carbocycles. The minimum Gasteiger partial charge on any atom is -0.282 e. The molecule has 0 aliphatic rings. The van der Waals surface area contributed by atoms with Crippen LogP contribution in [0.4, 0.5) is 0 Å². The van der Waals surface area contributed by atoms with Crippen molar-refractivity contribution in [3.05, 3.63) is 0 Å². The summed E-state index contributed by atoms with van der Waals surface area (Å²) in [5.74, 6) is 0. The second-order valence-corrected chi connectivity index (χ2v) is 20.7. The van der Waals surface area contributed by atoms with Crippen LogP contribution in [-0.2, 0) is 13.6 Å². The summed E-state index contributed by atoms with van der Waals surface area (Å²) in [6.07, 6.45) is 0. The van der Waals surface area contributed by atoms with Crippen LogP contribution in [0.1, 0.15) is 41.5 Å². The van der Waals surface area contributed by atoms with Gasteiger partial charge in [-0.05, 0) is 95.6 Å². The lowest BCUT2D eigenvalue weighted by Gasteiger charge is -2.44. The van der Waals surface area contributed by atoms with Gasteiger partial charge in [0.05, 0.1) is 0 Å². The minimum absolute atomic E-state index is 0.321. The van der Waals surface area contributed by atoms with Crippen molar-refractivity contribution < 1.29 is 13.6 Å². The number of hydrogen-bond acceptors (Lipinski definition) is 3. The highest BCUT2D eigenvalue weighted by Crippen LogP contribution is 2.65. The standard InChI is InChI=1S/C15H24Br9O3P/c1-10(2,7-16)13(19,20)25-28(26-14(21,22)11(3,4)8-17)27-15(23,24)12(5,6)9-18/h7-9H2,1-6H3. The fourth-order valence-corrected chi connectivity index (χ4v) is 8.77. The molecule has 170 valence electrons. The normalized spacial score (nSPS) is 15.4. The molecule has 0 fully saturated rings. The van der Waals surface area contributed by atoms with Crippen molar-refractivity contribution in [3.63, 3.8) is 0 Å². The Morgan fingerprint density at radius 3 is 0.821 bits per heavy atom. The monoisotopic (exact) mass is 993 g/mol. The summed E-state index contributed by atoms with van der Waals surface area (Å²) in [7, 11) is -1.88. The number of hydrogen-bond donors (Lipinski definition) is 0. The zero-order chi connectivity index (χ0) is 22.8. The number of alkyl halides is 9. The predicted molar refractivity (Wildman–Crippen MR) is 155 cm³/mol. The third kappa shape index (κ3) is 8.69. The summed E-state index contributed by atoms with van der Waals surface area (Å²) in [5, 5.41) is 2.04. The Morgan fingerprint density at radius 1 is 0.500 bits per heavy atom. The Kier molecular flexibility index (Phi) is 14.0. The van der Waals surface area contributed by atoms with E-state index in [1.54, 1.807) is 0 Å². The first-order valence-corrected chi connectivity index (χ1v) is 17.1. The average molecular weight is 1000 g/mol. The molecule has 0 unspecified atom stereocenters. The van der Waals surface area contributed by atoms with E-state index in [-0.39, 0.29) is 16.2 Å². The molecule has 0 aliphatic heterocycles. The number of halogens is 9. The summed E-state index contributed by atoms with van der Waals surface area (Å²) in [6.45, 7) is 12.3. The van der Waals surface area contributed by atoms with Crippen molar-refractivity contribution in [2.24, 2.45) is 16.2 Å². The van der Waals surface area contributed by atoms with E-state index in [9.17, 15) is 0 Å². The predicted octanol–water partition coefficient (Wildman–Crippen LogP) is 10.9. The van der Waals surface area contributed by atoms with Gasteiger partial charge < -0.3 is 0 Å². The average Bonchev–Trinajstić information content (AvgIpc) is 2.52. The molecular weight excluding hydrogens is 978 g/mol. The van der Waals surface area contributed by atoms with Gasteiger partial charge in [-0.2, -0.15) is 0 Å². The summed E-state index contributed by atoms with van der Waals surface area (Å²) >= 11 is 32.6. The highest BCUT2D eigenvalue weighted by Gasteiger charge is 2.52. The summed E-state index contributed by atoms with van der Waals surface area (Å²) in [5.41, 5.74) is -0.962. The summed E-state index contributed by atoms with van der Waals surface area (Å²) in [6, 6.07) is 0. The molecule has 0 saturated heterocycles. The van der Waals surface area contributed by atoms with Crippen molar-refractivity contribution in [2.75, 3.05) is 16.0 Å². The van der Waals surface area contributed by atoms with E-state index in [4.69, 9.17) is 13.6 Å². The van der Waals surface area contributed by atoms with Crippen molar-refractivity contribution in [1.29, 1.82) is 0 Å². The molecule has 0 radical (unpaired) electrons. The lowest BCUT2D eigenvalue weighted by molar-refractivity contribution is 0.0386. The van der Waals surface area contributed by atoms with Crippen LogP contribution in [0.15, 0.2) is 0 Å². The third-order valence-electron chi connectivity index (χ3n) is 3.93. The Hall–Kier alpha value is 4.63. The quantitative estimate of drug-likeness (QED) is 0.144. The van der Waals surface area contributed by atoms with E-state index in [1.807, 2.05) is 0 Å². The SMILES string of the molecule is CC(C)(CBr)C(Br)(Br)OP(OC(Br)(Br)C(C)(C)CBr)OC(Br)(Br)C(C)(C)CBr. The van der Waals surface area contributed by atoms with Crippen molar-refractivity contribution >= 4 is 152 Å². The summed E-state index contributed by atoms with van der Waals surface area (Å²) in [4.78, 5) is 0. The molecule has 28 heavy (non-hydrogen) atoms. The maximum Gasteiger partial charge on any atom is 0.339 e. The van der Waals surface area contributed by atoms with E-state index in [1.165, 1.54) is 0 Å². The lowest BCUT2D eigenvalue weighted by atomic mass is 9.98. The molecule has 0 aromatic rings. The van der Waals surface area contributed by atoms with Gasteiger partial charge in [0.2, 0.25) is 0 Å². The molecule has 3 nitrogen and oxygen atoms in total. The first kappa shape index (κ1) is 32.6. The molecule has 0 saturated carbocycles. The molecule has 13 heteroatoms. The van der Waals surface area contributed by atoms with E-state index in [2.05, 4.69) is 185 Å². The Balaban J connectivity index is 5.94. The molecule has 0 bridgehead atoms. The maximum atomic E-state index is 6.32. The van der Waals surface area contributed by atoms with Gasteiger partial charge in [0.15, 0.2) is 10.3 Å². The second-order valence-electron chi connectivity index (χ2n) is 8.10. The zero-order valence-electron chi connectivity index (χ0n) is 16.2. The van der Waals surface area contributed by atoms with Gasteiger partial charge in [-0.15, -0.1) is 0 Å². The van der Waals surface area contributed by atoms with Gasteiger partial charge in [-0.25, -0.2) is 0 Å².